The Balaban J connectivity index is 1.53. The zero-order valence-corrected chi connectivity index (χ0v) is 13.5. The SMILES string of the molecule is CN1CCc2[nH]nc(C(=O)N3CC[C@]4(CN(C)C(=O)O4)C3)c2C1. The molecular formula is C15H21N5O3. The summed E-state index contributed by atoms with van der Waals surface area (Å²) >= 11 is 0. The summed E-state index contributed by atoms with van der Waals surface area (Å²) in [6, 6.07) is 0. The van der Waals surface area contributed by atoms with Crippen molar-refractivity contribution in [2.45, 2.75) is 25.0 Å². The number of H-pyrrole nitrogens is 1. The van der Waals surface area contributed by atoms with Gasteiger partial charge >= 0.3 is 6.09 Å². The van der Waals surface area contributed by atoms with Gasteiger partial charge in [0.1, 0.15) is 0 Å². The van der Waals surface area contributed by atoms with Gasteiger partial charge in [0.15, 0.2) is 11.3 Å². The molecule has 8 nitrogen and oxygen atoms in total. The molecule has 3 aliphatic heterocycles. The molecule has 0 aromatic carbocycles. The van der Waals surface area contributed by atoms with Crippen LogP contribution in [0.5, 0.6) is 0 Å². The highest BCUT2D eigenvalue weighted by Gasteiger charge is 2.50. The number of likely N-dealkylation sites (tertiary alicyclic amines) is 1. The van der Waals surface area contributed by atoms with E-state index >= 15 is 0 Å². The first-order valence-electron chi connectivity index (χ1n) is 7.95. The molecule has 3 aliphatic rings. The Morgan fingerprint density at radius 3 is 2.87 bits per heavy atom. The van der Waals surface area contributed by atoms with E-state index < -0.39 is 5.60 Å². The second-order valence-corrected chi connectivity index (χ2v) is 6.90. The topological polar surface area (TPSA) is 81.8 Å². The molecule has 8 heteroatoms. The Bertz CT molecular complexity index is 672. The van der Waals surface area contributed by atoms with Crippen molar-refractivity contribution in [1.82, 2.24) is 24.9 Å². The molecule has 0 bridgehead atoms. The van der Waals surface area contributed by atoms with Crippen molar-refractivity contribution in [2.24, 2.45) is 0 Å². The molecule has 4 rings (SSSR count). The number of hydrogen-bond acceptors (Lipinski definition) is 5. The number of fused-ring (bicyclic) bond motifs is 1. The molecule has 1 atom stereocenters. The molecule has 1 aromatic heterocycles. The first kappa shape index (κ1) is 14.5. The fraction of sp³-hybridized carbons (Fsp3) is 0.667. The van der Waals surface area contributed by atoms with Crippen LogP contribution < -0.4 is 0 Å². The molecule has 1 N–H and O–H groups in total. The lowest BCUT2D eigenvalue weighted by molar-refractivity contribution is 0.0549. The van der Waals surface area contributed by atoms with Crippen LogP contribution in [-0.4, -0.2) is 82.8 Å². The van der Waals surface area contributed by atoms with Crippen molar-refractivity contribution in [3.05, 3.63) is 17.0 Å². The van der Waals surface area contributed by atoms with E-state index in [4.69, 9.17) is 4.74 Å². The molecule has 1 aromatic rings. The van der Waals surface area contributed by atoms with Gasteiger partial charge < -0.3 is 19.4 Å². The fourth-order valence-electron chi connectivity index (χ4n) is 3.78. The third-order valence-electron chi connectivity index (χ3n) is 5.07. The van der Waals surface area contributed by atoms with E-state index in [1.165, 1.54) is 0 Å². The lowest BCUT2D eigenvalue weighted by atomic mass is 10.0. The van der Waals surface area contributed by atoms with E-state index in [9.17, 15) is 9.59 Å². The standard InChI is InChI=1S/C15H21N5O3/c1-18-5-3-11-10(7-18)12(17-16-11)13(21)20-6-4-15(9-20)8-19(2)14(22)23-15/h3-9H2,1-2H3,(H,16,17)/t15-/m0/s1. The van der Waals surface area contributed by atoms with Crippen LogP contribution in [0.4, 0.5) is 4.79 Å². The molecule has 0 saturated carbocycles. The number of amides is 2. The predicted octanol–water partition coefficient (Wildman–Crippen LogP) is 0.0643. The highest BCUT2D eigenvalue weighted by Crippen LogP contribution is 2.33. The minimum Gasteiger partial charge on any atom is -0.439 e. The summed E-state index contributed by atoms with van der Waals surface area (Å²) in [6.07, 6.45) is 1.26. The molecule has 2 saturated heterocycles. The number of aromatic nitrogens is 2. The molecule has 1 spiro atoms. The number of rotatable bonds is 1. The minimum atomic E-state index is -0.547. The van der Waals surface area contributed by atoms with Crippen molar-refractivity contribution in [3.8, 4) is 0 Å². The summed E-state index contributed by atoms with van der Waals surface area (Å²) in [4.78, 5) is 30.0. The van der Waals surface area contributed by atoms with Gasteiger partial charge in [-0.05, 0) is 7.05 Å². The van der Waals surface area contributed by atoms with E-state index in [-0.39, 0.29) is 12.0 Å². The Hall–Kier alpha value is -2.09. The zero-order valence-electron chi connectivity index (χ0n) is 13.5. The first-order chi connectivity index (χ1) is 11.0. The van der Waals surface area contributed by atoms with E-state index in [0.717, 1.165) is 30.8 Å². The molecular weight excluding hydrogens is 298 g/mol. The number of ether oxygens (including phenoxy) is 1. The Labute approximate surface area is 134 Å². The van der Waals surface area contributed by atoms with E-state index in [2.05, 4.69) is 15.1 Å². The average Bonchev–Trinajstić information content (AvgIpc) is 3.17. The van der Waals surface area contributed by atoms with Gasteiger partial charge in [0, 0.05) is 50.8 Å². The second-order valence-electron chi connectivity index (χ2n) is 6.90. The average molecular weight is 319 g/mol. The maximum atomic E-state index is 12.9. The number of aromatic amines is 1. The van der Waals surface area contributed by atoms with Crippen molar-refractivity contribution in [3.63, 3.8) is 0 Å². The van der Waals surface area contributed by atoms with Crippen LogP contribution >= 0.6 is 0 Å². The molecule has 2 fully saturated rings. The minimum absolute atomic E-state index is 0.0692. The van der Waals surface area contributed by atoms with Gasteiger partial charge in [0.05, 0.1) is 13.1 Å². The van der Waals surface area contributed by atoms with Crippen molar-refractivity contribution < 1.29 is 14.3 Å². The number of nitrogens with zero attached hydrogens (tertiary/aromatic N) is 4. The molecule has 0 radical (unpaired) electrons. The number of nitrogens with one attached hydrogen (secondary N) is 1. The van der Waals surface area contributed by atoms with Crippen molar-refractivity contribution >= 4 is 12.0 Å². The van der Waals surface area contributed by atoms with Gasteiger partial charge in [-0.3, -0.25) is 9.89 Å². The summed E-state index contributed by atoms with van der Waals surface area (Å²) in [5, 5.41) is 7.27. The molecule has 4 heterocycles. The summed E-state index contributed by atoms with van der Waals surface area (Å²) in [5.41, 5.74) is 2.04. The summed E-state index contributed by atoms with van der Waals surface area (Å²) < 4.78 is 5.51. The van der Waals surface area contributed by atoms with Crippen LogP contribution in [0.3, 0.4) is 0 Å². The van der Waals surface area contributed by atoms with Crippen LogP contribution in [0.15, 0.2) is 0 Å². The molecule has 0 aliphatic carbocycles. The Morgan fingerprint density at radius 1 is 1.30 bits per heavy atom. The van der Waals surface area contributed by atoms with Crippen LogP contribution in [0.1, 0.15) is 28.2 Å². The van der Waals surface area contributed by atoms with Crippen LogP contribution in [-0.2, 0) is 17.7 Å². The predicted molar refractivity (Wildman–Crippen MR) is 81.0 cm³/mol. The number of hydrogen-bond donors (Lipinski definition) is 1. The van der Waals surface area contributed by atoms with E-state index in [0.29, 0.717) is 31.7 Å². The largest absolute Gasteiger partial charge is 0.439 e. The summed E-state index contributed by atoms with van der Waals surface area (Å²) in [5.74, 6) is -0.0692. The summed E-state index contributed by atoms with van der Waals surface area (Å²) in [6.45, 7) is 3.29. The number of carbonyl (C=O) groups is 2. The smallest absolute Gasteiger partial charge is 0.410 e. The quantitative estimate of drug-likeness (QED) is 0.792. The van der Waals surface area contributed by atoms with Gasteiger partial charge in [-0.1, -0.05) is 0 Å². The molecule has 124 valence electrons. The number of likely N-dealkylation sites (N-methyl/N-ethyl adjacent to an activating group) is 2. The number of carbonyl (C=O) groups excluding carboxylic acids is 2. The highest BCUT2D eigenvalue weighted by atomic mass is 16.6. The monoisotopic (exact) mass is 319 g/mol. The van der Waals surface area contributed by atoms with Crippen molar-refractivity contribution in [1.29, 1.82) is 0 Å². The van der Waals surface area contributed by atoms with E-state index in [1.807, 2.05) is 7.05 Å². The Morgan fingerprint density at radius 2 is 2.13 bits per heavy atom. The maximum absolute atomic E-state index is 12.9. The van der Waals surface area contributed by atoms with Gasteiger partial charge in [-0.2, -0.15) is 5.10 Å². The van der Waals surface area contributed by atoms with Gasteiger partial charge in [0.25, 0.3) is 5.91 Å². The third kappa shape index (κ3) is 2.28. The Kier molecular flexibility index (Phi) is 3.12. The maximum Gasteiger partial charge on any atom is 0.410 e. The van der Waals surface area contributed by atoms with E-state index in [1.54, 1.807) is 16.8 Å². The zero-order chi connectivity index (χ0) is 16.2. The van der Waals surface area contributed by atoms with Gasteiger partial charge in [-0.15, -0.1) is 0 Å². The first-order valence-corrected chi connectivity index (χ1v) is 7.95. The van der Waals surface area contributed by atoms with Crippen LogP contribution in [0.25, 0.3) is 0 Å². The third-order valence-corrected chi connectivity index (χ3v) is 5.07. The lowest BCUT2D eigenvalue weighted by Crippen LogP contribution is -2.39. The molecule has 0 unspecified atom stereocenters. The summed E-state index contributed by atoms with van der Waals surface area (Å²) in [7, 11) is 3.77. The molecule has 23 heavy (non-hydrogen) atoms. The van der Waals surface area contributed by atoms with Gasteiger partial charge in [-0.25, -0.2) is 4.79 Å². The normalized spacial score (nSPS) is 27.7. The van der Waals surface area contributed by atoms with Crippen LogP contribution in [0, 0.1) is 0 Å². The van der Waals surface area contributed by atoms with Crippen LogP contribution in [0.2, 0.25) is 0 Å². The fourth-order valence-corrected chi connectivity index (χ4v) is 3.78. The van der Waals surface area contributed by atoms with Gasteiger partial charge in [0.2, 0.25) is 0 Å². The second kappa shape index (κ2) is 4.95. The molecule has 2 amide bonds. The highest BCUT2D eigenvalue weighted by molar-refractivity contribution is 5.94. The lowest BCUT2D eigenvalue weighted by Gasteiger charge is -2.24. The van der Waals surface area contributed by atoms with Crippen molar-refractivity contribution in [2.75, 3.05) is 40.3 Å².